The van der Waals surface area contributed by atoms with E-state index in [2.05, 4.69) is 81.5 Å². The Bertz CT molecular complexity index is 841. The zero-order valence-corrected chi connectivity index (χ0v) is 17.9. The van der Waals surface area contributed by atoms with Crippen molar-refractivity contribution in [2.75, 3.05) is 0 Å². The van der Waals surface area contributed by atoms with Crippen LogP contribution in [0, 0.1) is 0 Å². The minimum absolute atomic E-state index is 0. The van der Waals surface area contributed by atoms with Crippen molar-refractivity contribution in [2.24, 2.45) is 0 Å². The molecule has 0 heterocycles. The van der Waals surface area contributed by atoms with Crippen molar-refractivity contribution in [3.63, 3.8) is 0 Å². The van der Waals surface area contributed by atoms with Crippen molar-refractivity contribution in [1.82, 2.24) is 0 Å². The van der Waals surface area contributed by atoms with E-state index in [4.69, 9.17) is 0 Å². The van der Waals surface area contributed by atoms with E-state index in [1.165, 1.54) is 23.1 Å². The first kappa shape index (κ1) is 20.4. The van der Waals surface area contributed by atoms with Crippen LogP contribution in [0.2, 0.25) is 0 Å². The zero-order chi connectivity index (χ0) is 16.0. The van der Waals surface area contributed by atoms with E-state index in [9.17, 15) is 0 Å². The third-order valence-corrected chi connectivity index (χ3v) is 10.7. The minimum Gasteiger partial charge on any atom is -1.00 e. The van der Waals surface area contributed by atoms with Crippen LogP contribution in [0.5, 0.6) is 0 Å². The molecular formula is C22H22Cl2Ti. The van der Waals surface area contributed by atoms with Gasteiger partial charge in [-0.25, -0.2) is 0 Å². The molecule has 0 spiro atoms. The van der Waals surface area contributed by atoms with Gasteiger partial charge in [-0.3, -0.25) is 0 Å². The van der Waals surface area contributed by atoms with Crippen molar-refractivity contribution >= 4 is 3.81 Å². The van der Waals surface area contributed by atoms with E-state index in [0.717, 1.165) is 0 Å². The van der Waals surface area contributed by atoms with Crippen LogP contribution >= 0.6 is 0 Å². The van der Waals surface area contributed by atoms with E-state index in [-0.39, 0.29) is 24.8 Å². The molecule has 0 fully saturated rings. The number of hydrogen-bond acceptors (Lipinski definition) is 0. The molecule has 0 unspecified atom stereocenters. The molecule has 0 amide bonds. The second kappa shape index (κ2) is 8.19. The summed E-state index contributed by atoms with van der Waals surface area (Å²) in [5, 5.41) is 0. The molecule has 0 aliphatic heterocycles. The minimum atomic E-state index is -1.55. The van der Waals surface area contributed by atoms with Gasteiger partial charge in [-0.2, -0.15) is 0 Å². The Morgan fingerprint density at radius 2 is 1.40 bits per heavy atom. The predicted octanol–water partition coefficient (Wildman–Crippen LogP) is -0.171. The summed E-state index contributed by atoms with van der Waals surface area (Å²) in [5.74, 6) is 0. The van der Waals surface area contributed by atoms with Crippen LogP contribution in [-0.4, -0.2) is 3.81 Å². The molecule has 2 aromatic rings. The largest absolute Gasteiger partial charge is 1.00 e. The SMILES string of the molecule is CC1=[C]([Ti+2](=[C](C)C)[CH]2c3ccccc3-c3ccccc32)CC=C1.[Cl-].[Cl-]. The first-order chi connectivity index (χ1) is 11.2. The molecule has 0 saturated heterocycles. The Kier molecular flexibility index (Phi) is 6.68. The second-order valence-electron chi connectivity index (χ2n) is 6.79. The quantitative estimate of drug-likeness (QED) is 0.609. The van der Waals surface area contributed by atoms with Crippen LogP contribution in [0.15, 0.2) is 70.1 Å². The molecule has 128 valence electrons. The average Bonchev–Trinajstić information content (AvgIpc) is 3.11. The fraction of sp³-hybridized carbons (Fsp3) is 0.227. The number of rotatable bonds is 2. The third-order valence-electron chi connectivity index (χ3n) is 5.15. The van der Waals surface area contributed by atoms with Gasteiger partial charge in [0.2, 0.25) is 0 Å². The molecule has 2 aromatic carbocycles. The van der Waals surface area contributed by atoms with Crippen LogP contribution in [0.1, 0.15) is 42.5 Å². The fourth-order valence-electron chi connectivity index (χ4n) is 4.17. The summed E-state index contributed by atoms with van der Waals surface area (Å²) < 4.78 is 4.07. The first-order valence-corrected chi connectivity index (χ1v) is 10.9. The molecule has 0 aromatic heterocycles. The summed E-state index contributed by atoms with van der Waals surface area (Å²) in [6, 6.07) is 18.2. The van der Waals surface area contributed by atoms with Crippen LogP contribution in [0.4, 0.5) is 0 Å². The van der Waals surface area contributed by atoms with Crippen LogP contribution in [-0.2, 0) is 17.4 Å². The Balaban J connectivity index is 0.00000113. The van der Waals surface area contributed by atoms with Gasteiger partial charge in [0.05, 0.1) is 0 Å². The molecule has 2 aliphatic carbocycles. The third kappa shape index (κ3) is 3.38. The Hall–Kier alpha value is -0.916. The molecule has 25 heavy (non-hydrogen) atoms. The number of hydrogen-bond donors (Lipinski definition) is 0. The zero-order valence-electron chi connectivity index (χ0n) is 14.8. The normalized spacial score (nSPS) is 14.2. The molecular weight excluding hydrogens is 383 g/mol. The van der Waals surface area contributed by atoms with Gasteiger partial charge in [0, 0.05) is 0 Å². The molecule has 0 nitrogen and oxygen atoms in total. The van der Waals surface area contributed by atoms with Crippen LogP contribution in [0.25, 0.3) is 11.1 Å². The smallest absolute Gasteiger partial charge is 1.00 e. The second-order valence-corrected chi connectivity index (χ2v) is 11.5. The van der Waals surface area contributed by atoms with Gasteiger partial charge in [-0.1, -0.05) is 0 Å². The summed E-state index contributed by atoms with van der Waals surface area (Å²) >= 11 is -1.55. The van der Waals surface area contributed by atoms with Gasteiger partial charge in [-0.05, 0) is 0 Å². The predicted molar refractivity (Wildman–Crippen MR) is 96.5 cm³/mol. The number of allylic oxidation sites excluding steroid dienone is 4. The van der Waals surface area contributed by atoms with E-state index in [1.54, 1.807) is 18.8 Å². The standard InChI is InChI=1S/C13H9.C6H7.C3H6.2ClH.Ti/c1-3-7-12-10(5-1)9-11-6-2-4-8-13(11)12;1-6-4-2-3-5-6;1-3-2;;;/h1-9H;2,4H,3H2,1H3;1-2H3;2*1H;/q;;;;;+2/p-2. The molecule has 2 aliphatic rings. The Labute approximate surface area is 169 Å². The van der Waals surface area contributed by atoms with Crippen molar-refractivity contribution in [2.45, 2.75) is 31.4 Å². The van der Waals surface area contributed by atoms with Gasteiger partial charge in [0.25, 0.3) is 0 Å². The first-order valence-electron chi connectivity index (χ1n) is 8.40. The van der Waals surface area contributed by atoms with Gasteiger partial charge in [0.1, 0.15) is 0 Å². The average molecular weight is 405 g/mol. The molecule has 0 N–H and O–H groups in total. The monoisotopic (exact) mass is 404 g/mol. The Morgan fingerprint density at radius 3 is 1.84 bits per heavy atom. The maximum Gasteiger partial charge on any atom is -1.00 e. The van der Waals surface area contributed by atoms with Gasteiger partial charge in [0.15, 0.2) is 0 Å². The van der Waals surface area contributed by atoms with Gasteiger partial charge < -0.3 is 24.8 Å². The summed E-state index contributed by atoms with van der Waals surface area (Å²) in [4.78, 5) is 0. The Morgan fingerprint density at radius 1 is 0.880 bits per heavy atom. The summed E-state index contributed by atoms with van der Waals surface area (Å²) in [6.45, 7) is 7.05. The molecule has 0 saturated carbocycles. The summed E-state index contributed by atoms with van der Waals surface area (Å²) in [5.41, 5.74) is 7.59. The molecule has 4 rings (SSSR count). The fourth-order valence-corrected chi connectivity index (χ4v) is 9.64. The van der Waals surface area contributed by atoms with Crippen molar-refractivity contribution in [1.29, 1.82) is 0 Å². The van der Waals surface area contributed by atoms with Crippen molar-refractivity contribution in [3.05, 3.63) is 81.3 Å². The van der Waals surface area contributed by atoms with E-state index < -0.39 is 17.4 Å². The van der Waals surface area contributed by atoms with E-state index >= 15 is 0 Å². The van der Waals surface area contributed by atoms with Crippen molar-refractivity contribution in [3.8, 4) is 11.1 Å². The van der Waals surface area contributed by atoms with E-state index in [0.29, 0.717) is 4.22 Å². The molecule has 0 radical (unpaired) electrons. The van der Waals surface area contributed by atoms with Gasteiger partial charge >= 0.3 is 145 Å². The molecule has 0 atom stereocenters. The molecule has 3 heteroatoms. The maximum absolute atomic E-state index is 2.37. The van der Waals surface area contributed by atoms with E-state index in [1.807, 2.05) is 0 Å². The number of benzene rings is 2. The number of halogens is 2. The van der Waals surface area contributed by atoms with Crippen LogP contribution < -0.4 is 24.8 Å². The van der Waals surface area contributed by atoms with Gasteiger partial charge in [-0.15, -0.1) is 0 Å². The molecule has 0 bridgehead atoms. The topological polar surface area (TPSA) is 0 Å². The van der Waals surface area contributed by atoms with Crippen molar-refractivity contribution < 1.29 is 42.2 Å². The number of fused-ring (bicyclic) bond motifs is 3. The summed E-state index contributed by atoms with van der Waals surface area (Å²) in [6.07, 6.45) is 5.86. The summed E-state index contributed by atoms with van der Waals surface area (Å²) in [7, 11) is 0. The maximum atomic E-state index is 2.37. The van der Waals surface area contributed by atoms with Crippen LogP contribution in [0.3, 0.4) is 0 Å².